The molecule has 0 saturated heterocycles. The van der Waals surface area contributed by atoms with Gasteiger partial charge in [0.1, 0.15) is 0 Å². The normalized spacial score (nSPS) is 10.6. The minimum atomic E-state index is 0.717. The SMILES string of the molecule is Cc1ccc2c(NCCCN)ccnc2c1. The molecule has 3 heteroatoms. The van der Waals surface area contributed by atoms with Crippen molar-refractivity contribution in [1.29, 1.82) is 0 Å². The number of nitrogens with two attached hydrogens (primary N) is 1. The number of anilines is 1. The first-order valence-corrected chi connectivity index (χ1v) is 5.60. The van der Waals surface area contributed by atoms with E-state index in [0.29, 0.717) is 0 Å². The summed E-state index contributed by atoms with van der Waals surface area (Å²) in [5, 5.41) is 4.56. The summed E-state index contributed by atoms with van der Waals surface area (Å²) in [4.78, 5) is 4.37. The topological polar surface area (TPSA) is 50.9 Å². The maximum Gasteiger partial charge on any atom is 0.0725 e. The second kappa shape index (κ2) is 4.94. The van der Waals surface area contributed by atoms with Crippen LogP contribution in [0.15, 0.2) is 30.5 Å². The van der Waals surface area contributed by atoms with Crippen LogP contribution in [0.3, 0.4) is 0 Å². The summed E-state index contributed by atoms with van der Waals surface area (Å²) < 4.78 is 0. The van der Waals surface area contributed by atoms with Gasteiger partial charge in [0.15, 0.2) is 0 Å². The Morgan fingerprint density at radius 2 is 2.19 bits per heavy atom. The predicted molar refractivity (Wildman–Crippen MR) is 68.6 cm³/mol. The van der Waals surface area contributed by atoms with E-state index in [-0.39, 0.29) is 0 Å². The van der Waals surface area contributed by atoms with Gasteiger partial charge in [0.2, 0.25) is 0 Å². The summed E-state index contributed by atoms with van der Waals surface area (Å²) in [5.41, 5.74) is 8.89. The molecular formula is C13H17N3. The summed E-state index contributed by atoms with van der Waals surface area (Å²) in [6.45, 7) is 3.70. The maximum absolute atomic E-state index is 5.47. The van der Waals surface area contributed by atoms with Crippen molar-refractivity contribution in [2.45, 2.75) is 13.3 Å². The fourth-order valence-electron chi connectivity index (χ4n) is 1.74. The van der Waals surface area contributed by atoms with Crippen LogP contribution in [-0.2, 0) is 0 Å². The Hall–Kier alpha value is -1.61. The average Bonchev–Trinajstić information content (AvgIpc) is 2.29. The molecule has 0 aliphatic heterocycles. The van der Waals surface area contributed by atoms with Crippen molar-refractivity contribution in [3.63, 3.8) is 0 Å². The highest BCUT2D eigenvalue weighted by atomic mass is 14.9. The molecule has 3 N–H and O–H groups in total. The lowest BCUT2D eigenvalue weighted by atomic mass is 10.1. The van der Waals surface area contributed by atoms with Crippen molar-refractivity contribution < 1.29 is 0 Å². The molecular weight excluding hydrogens is 198 g/mol. The Bertz CT molecular complexity index is 480. The first-order chi connectivity index (χ1) is 7.81. The zero-order chi connectivity index (χ0) is 11.4. The van der Waals surface area contributed by atoms with E-state index < -0.39 is 0 Å². The number of aromatic nitrogens is 1. The van der Waals surface area contributed by atoms with Gasteiger partial charge in [0.05, 0.1) is 5.52 Å². The molecule has 1 aromatic heterocycles. The minimum Gasteiger partial charge on any atom is -0.384 e. The number of rotatable bonds is 4. The highest BCUT2D eigenvalue weighted by molar-refractivity contribution is 5.91. The summed E-state index contributed by atoms with van der Waals surface area (Å²) in [6.07, 6.45) is 2.82. The lowest BCUT2D eigenvalue weighted by Crippen LogP contribution is -2.08. The predicted octanol–water partition coefficient (Wildman–Crippen LogP) is 2.30. The Morgan fingerprint density at radius 1 is 1.31 bits per heavy atom. The smallest absolute Gasteiger partial charge is 0.0725 e. The molecule has 2 aromatic rings. The van der Waals surface area contributed by atoms with Crippen LogP contribution in [0.1, 0.15) is 12.0 Å². The van der Waals surface area contributed by atoms with Crippen molar-refractivity contribution in [2.24, 2.45) is 5.73 Å². The summed E-state index contributed by atoms with van der Waals surface area (Å²) in [6, 6.07) is 8.33. The van der Waals surface area contributed by atoms with Crippen molar-refractivity contribution >= 4 is 16.6 Å². The molecule has 0 amide bonds. The van der Waals surface area contributed by atoms with Crippen LogP contribution in [0, 0.1) is 6.92 Å². The summed E-state index contributed by atoms with van der Waals surface area (Å²) in [5.74, 6) is 0. The minimum absolute atomic E-state index is 0.717. The van der Waals surface area contributed by atoms with Crippen molar-refractivity contribution in [3.05, 3.63) is 36.0 Å². The van der Waals surface area contributed by atoms with Gasteiger partial charge in [-0.1, -0.05) is 12.1 Å². The third-order valence-corrected chi connectivity index (χ3v) is 2.59. The number of nitrogens with one attached hydrogen (secondary N) is 1. The number of hydrogen-bond donors (Lipinski definition) is 2. The summed E-state index contributed by atoms with van der Waals surface area (Å²) >= 11 is 0. The van der Waals surface area contributed by atoms with Crippen LogP contribution in [0.5, 0.6) is 0 Å². The number of hydrogen-bond acceptors (Lipinski definition) is 3. The maximum atomic E-state index is 5.47. The van der Waals surface area contributed by atoms with Gasteiger partial charge in [-0.15, -0.1) is 0 Å². The number of aryl methyl sites for hydroxylation is 1. The molecule has 0 fully saturated rings. The van der Waals surface area contributed by atoms with Crippen LogP contribution < -0.4 is 11.1 Å². The fraction of sp³-hybridized carbons (Fsp3) is 0.308. The van der Waals surface area contributed by atoms with E-state index in [0.717, 1.165) is 30.7 Å². The van der Waals surface area contributed by atoms with Crippen LogP contribution >= 0.6 is 0 Å². The zero-order valence-electron chi connectivity index (χ0n) is 9.53. The van der Waals surface area contributed by atoms with E-state index in [1.165, 1.54) is 10.9 Å². The Labute approximate surface area is 95.7 Å². The number of pyridine rings is 1. The zero-order valence-corrected chi connectivity index (χ0v) is 9.53. The number of benzene rings is 1. The summed E-state index contributed by atoms with van der Waals surface area (Å²) in [7, 11) is 0. The van der Waals surface area contributed by atoms with Gasteiger partial charge in [0.25, 0.3) is 0 Å². The van der Waals surface area contributed by atoms with E-state index in [2.05, 4.69) is 35.4 Å². The largest absolute Gasteiger partial charge is 0.384 e. The van der Waals surface area contributed by atoms with Crippen molar-refractivity contribution in [1.82, 2.24) is 4.98 Å². The fourth-order valence-corrected chi connectivity index (χ4v) is 1.74. The molecule has 2 rings (SSSR count). The second-order valence-corrected chi connectivity index (χ2v) is 3.95. The van der Waals surface area contributed by atoms with Gasteiger partial charge in [-0.25, -0.2) is 0 Å². The van der Waals surface area contributed by atoms with Crippen LogP contribution in [0.4, 0.5) is 5.69 Å². The standard InChI is InChI=1S/C13H17N3/c1-10-3-4-11-12(15-7-2-6-14)5-8-16-13(11)9-10/h3-5,8-9H,2,6-7,14H2,1H3,(H,15,16). The average molecular weight is 215 g/mol. The number of nitrogens with zero attached hydrogens (tertiary/aromatic N) is 1. The third-order valence-electron chi connectivity index (χ3n) is 2.59. The highest BCUT2D eigenvalue weighted by Gasteiger charge is 2.00. The molecule has 0 saturated carbocycles. The van der Waals surface area contributed by atoms with Crippen molar-refractivity contribution in [3.8, 4) is 0 Å². The first kappa shape index (κ1) is 10.9. The second-order valence-electron chi connectivity index (χ2n) is 3.95. The lowest BCUT2D eigenvalue weighted by Gasteiger charge is -2.09. The molecule has 0 radical (unpaired) electrons. The van der Waals surface area contributed by atoms with Gasteiger partial charge in [-0.3, -0.25) is 4.98 Å². The van der Waals surface area contributed by atoms with E-state index >= 15 is 0 Å². The third kappa shape index (κ3) is 2.31. The monoisotopic (exact) mass is 215 g/mol. The Balaban J connectivity index is 2.30. The van der Waals surface area contributed by atoms with E-state index in [1.807, 2.05) is 12.3 Å². The first-order valence-electron chi connectivity index (χ1n) is 5.60. The van der Waals surface area contributed by atoms with Gasteiger partial charge < -0.3 is 11.1 Å². The van der Waals surface area contributed by atoms with Gasteiger partial charge in [-0.2, -0.15) is 0 Å². The number of fused-ring (bicyclic) bond motifs is 1. The molecule has 0 bridgehead atoms. The molecule has 0 aliphatic carbocycles. The van der Waals surface area contributed by atoms with Gasteiger partial charge in [0, 0.05) is 23.8 Å². The quantitative estimate of drug-likeness (QED) is 0.769. The molecule has 3 nitrogen and oxygen atoms in total. The van der Waals surface area contributed by atoms with Crippen molar-refractivity contribution in [2.75, 3.05) is 18.4 Å². The van der Waals surface area contributed by atoms with Crippen LogP contribution in [-0.4, -0.2) is 18.1 Å². The van der Waals surface area contributed by atoms with Gasteiger partial charge in [-0.05, 0) is 37.6 Å². The molecule has 0 spiro atoms. The Morgan fingerprint density at radius 3 is 3.00 bits per heavy atom. The van der Waals surface area contributed by atoms with Gasteiger partial charge >= 0.3 is 0 Å². The van der Waals surface area contributed by atoms with Crippen LogP contribution in [0.25, 0.3) is 10.9 Å². The highest BCUT2D eigenvalue weighted by Crippen LogP contribution is 2.22. The molecule has 0 aliphatic rings. The van der Waals surface area contributed by atoms with E-state index in [9.17, 15) is 0 Å². The molecule has 1 heterocycles. The molecule has 16 heavy (non-hydrogen) atoms. The van der Waals surface area contributed by atoms with E-state index in [1.54, 1.807) is 0 Å². The molecule has 84 valence electrons. The lowest BCUT2D eigenvalue weighted by molar-refractivity contribution is 0.875. The van der Waals surface area contributed by atoms with Crippen LogP contribution in [0.2, 0.25) is 0 Å². The molecule has 1 aromatic carbocycles. The molecule has 0 atom stereocenters. The van der Waals surface area contributed by atoms with E-state index in [4.69, 9.17) is 5.73 Å². The molecule has 0 unspecified atom stereocenters. The Kier molecular flexibility index (Phi) is 3.37.